The van der Waals surface area contributed by atoms with E-state index in [1.54, 1.807) is 0 Å². The van der Waals surface area contributed by atoms with Crippen LogP contribution in [0.4, 0.5) is 0 Å². The maximum atomic E-state index is 5.70. The van der Waals surface area contributed by atoms with Crippen molar-refractivity contribution < 1.29 is 4.42 Å². The van der Waals surface area contributed by atoms with Gasteiger partial charge >= 0.3 is 0 Å². The van der Waals surface area contributed by atoms with Crippen molar-refractivity contribution in [3.63, 3.8) is 0 Å². The van der Waals surface area contributed by atoms with Crippen LogP contribution in [0.2, 0.25) is 0 Å². The maximum absolute atomic E-state index is 5.70. The predicted molar refractivity (Wildman–Crippen MR) is 75.7 cm³/mol. The minimum atomic E-state index is 0.893. The molecule has 98 valence electrons. The van der Waals surface area contributed by atoms with Crippen LogP contribution in [-0.2, 0) is 6.42 Å². The van der Waals surface area contributed by atoms with Crippen LogP contribution in [0, 0.1) is 0 Å². The lowest BCUT2D eigenvalue weighted by molar-refractivity contribution is 0.504. The number of benzene rings is 1. The van der Waals surface area contributed by atoms with Gasteiger partial charge in [0.2, 0.25) is 0 Å². The molecular formula is C16H23NO. The maximum Gasteiger partial charge on any atom is 0.195 e. The molecule has 0 radical (unpaired) electrons. The molecule has 0 aliphatic heterocycles. The fraction of sp³-hybridized carbons (Fsp3) is 0.562. The molecule has 2 nitrogen and oxygen atoms in total. The van der Waals surface area contributed by atoms with Gasteiger partial charge in [0.1, 0.15) is 5.52 Å². The summed E-state index contributed by atoms with van der Waals surface area (Å²) in [7, 11) is 0. The summed E-state index contributed by atoms with van der Waals surface area (Å²) >= 11 is 0. The third-order valence-corrected chi connectivity index (χ3v) is 3.33. The average Bonchev–Trinajstić information content (AvgIpc) is 2.80. The van der Waals surface area contributed by atoms with Gasteiger partial charge in [0.25, 0.3) is 0 Å². The lowest BCUT2D eigenvalue weighted by atomic mass is 10.1. The van der Waals surface area contributed by atoms with E-state index in [0.29, 0.717) is 0 Å². The summed E-state index contributed by atoms with van der Waals surface area (Å²) < 4.78 is 5.70. The second kappa shape index (κ2) is 7.20. The van der Waals surface area contributed by atoms with Gasteiger partial charge in [-0.05, 0) is 18.6 Å². The number of oxazole rings is 1. The number of rotatable bonds is 8. The van der Waals surface area contributed by atoms with Crippen molar-refractivity contribution in [3.8, 4) is 0 Å². The third-order valence-electron chi connectivity index (χ3n) is 3.33. The zero-order valence-corrected chi connectivity index (χ0v) is 11.3. The highest BCUT2D eigenvalue weighted by atomic mass is 16.3. The van der Waals surface area contributed by atoms with Crippen LogP contribution in [0.1, 0.15) is 57.8 Å². The molecule has 1 aromatic heterocycles. The van der Waals surface area contributed by atoms with E-state index >= 15 is 0 Å². The Hall–Kier alpha value is -1.31. The molecular weight excluding hydrogens is 222 g/mol. The SMILES string of the molecule is CCCCCCCCCc1nc2ccccc2o1. The van der Waals surface area contributed by atoms with Gasteiger partial charge in [0.15, 0.2) is 11.5 Å². The zero-order valence-electron chi connectivity index (χ0n) is 11.3. The molecule has 2 heteroatoms. The van der Waals surface area contributed by atoms with Crippen LogP contribution in [-0.4, -0.2) is 4.98 Å². The minimum absolute atomic E-state index is 0.893. The van der Waals surface area contributed by atoms with E-state index < -0.39 is 0 Å². The van der Waals surface area contributed by atoms with Crippen LogP contribution < -0.4 is 0 Å². The van der Waals surface area contributed by atoms with Crippen molar-refractivity contribution in [2.45, 2.75) is 58.3 Å². The molecule has 1 heterocycles. The molecule has 0 aliphatic rings. The second-order valence-electron chi connectivity index (χ2n) is 4.95. The average molecular weight is 245 g/mol. The van der Waals surface area contributed by atoms with E-state index in [-0.39, 0.29) is 0 Å². The Morgan fingerprint density at radius 1 is 0.944 bits per heavy atom. The molecule has 0 aliphatic carbocycles. The summed E-state index contributed by atoms with van der Waals surface area (Å²) in [4.78, 5) is 4.49. The summed E-state index contributed by atoms with van der Waals surface area (Å²) in [6.07, 6.45) is 10.3. The Labute approximate surface area is 109 Å². The number of hydrogen-bond acceptors (Lipinski definition) is 2. The first-order chi connectivity index (χ1) is 8.90. The van der Waals surface area contributed by atoms with E-state index in [9.17, 15) is 0 Å². The fourth-order valence-corrected chi connectivity index (χ4v) is 2.26. The first-order valence-corrected chi connectivity index (χ1v) is 7.24. The highest BCUT2D eigenvalue weighted by Gasteiger charge is 2.03. The monoisotopic (exact) mass is 245 g/mol. The van der Waals surface area contributed by atoms with Crippen LogP contribution in [0.5, 0.6) is 0 Å². The number of para-hydroxylation sites is 2. The summed E-state index contributed by atoms with van der Waals surface area (Å²) in [5, 5.41) is 0. The van der Waals surface area contributed by atoms with Gasteiger partial charge in [-0.2, -0.15) is 0 Å². The van der Waals surface area contributed by atoms with Crippen molar-refractivity contribution >= 4 is 11.1 Å². The zero-order chi connectivity index (χ0) is 12.6. The Bertz CT molecular complexity index is 428. The van der Waals surface area contributed by atoms with Gasteiger partial charge in [-0.15, -0.1) is 0 Å². The van der Waals surface area contributed by atoms with Gasteiger partial charge < -0.3 is 4.42 Å². The van der Waals surface area contributed by atoms with Gasteiger partial charge in [-0.25, -0.2) is 4.98 Å². The van der Waals surface area contributed by atoms with Crippen LogP contribution >= 0.6 is 0 Å². The van der Waals surface area contributed by atoms with Gasteiger partial charge in [0.05, 0.1) is 0 Å². The Morgan fingerprint density at radius 2 is 1.67 bits per heavy atom. The van der Waals surface area contributed by atoms with Crippen molar-refractivity contribution in [2.75, 3.05) is 0 Å². The molecule has 0 N–H and O–H groups in total. The van der Waals surface area contributed by atoms with Crippen molar-refractivity contribution in [2.24, 2.45) is 0 Å². The number of nitrogens with zero attached hydrogens (tertiary/aromatic N) is 1. The quantitative estimate of drug-likeness (QED) is 0.603. The first-order valence-electron chi connectivity index (χ1n) is 7.24. The van der Waals surface area contributed by atoms with E-state index in [1.807, 2.05) is 24.3 Å². The van der Waals surface area contributed by atoms with E-state index in [1.165, 1.54) is 44.9 Å². The predicted octanol–water partition coefficient (Wildman–Crippen LogP) is 5.12. The lowest BCUT2D eigenvalue weighted by Crippen LogP contribution is -1.86. The number of aryl methyl sites for hydroxylation is 1. The van der Waals surface area contributed by atoms with Crippen molar-refractivity contribution in [3.05, 3.63) is 30.2 Å². The summed E-state index contributed by atoms with van der Waals surface area (Å²) in [6.45, 7) is 2.26. The normalized spacial score (nSPS) is 11.2. The molecule has 0 fully saturated rings. The van der Waals surface area contributed by atoms with E-state index in [2.05, 4.69) is 11.9 Å². The topological polar surface area (TPSA) is 26.0 Å². The Balaban J connectivity index is 1.67. The van der Waals surface area contributed by atoms with Crippen LogP contribution in [0.3, 0.4) is 0 Å². The summed E-state index contributed by atoms with van der Waals surface area (Å²) in [5.41, 5.74) is 1.89. The molecule has 0 amide bonds. The van der Waals surface area contributed by atoms with Crippen molar-refractivity contribution in [1.82, 2.24) is 4.98 Å². The number of hydrogen-bond donors (Lipinski definition) is 0. The van der Waals surface area contributed by atoms with E-state index in [4.69, 9.17) is 4.42 Å². The molecule has 0 saturated carbocycles. The van der Waals surface area contributed by atoms with E-state index in [0.717, 1.165) is 23.4 Å². The molecule has 18 heavy (non-hydrogen) atoms. The molecule has 1 aromatic carbocycles. The number of unbranched alkanes of at least 4 members (excludes halogenated alkanes) is 6. The van der Waals surface area contributed by atoms with Gasteiger partial charge in [0, 0.05) is 6.42 Å². The minimum Gasteiger partial charge on any atom is -0.441 e. The lowest BCUT2D eigenvalue weighted by Gasteiger charge is -1.99. The summed E-state index contributed by atoms with van der Waals surface area (Å²) in [5.74, 6) is 0.893. The second-order valence-corrected chi connectivity index (χ2v) is 4.95. The first kappa shape index (κ1) is 13.1. The fourth-order valence-electron chi connectivity index (χ4n) is 2.26. The number of fused-ring (bicyclic) bond motifs is 1. The molecule has 2 rings (SSSR count). The van der Waals surface area contributed by atoms with Gasteiger partial charge in [-0.3, -0.25) is 0 Å². The van der Waals surface area contributed by atoms with Crippen LogP contribution in [0.15, 0.2) is 28.7 Å². The Kier molecular flexibility index (Phi) is 5.25. The molecule has 2 aromatic rings. The van der Waals surface area contributed by atoms with Crippen molar-refractivity contribution in [1.29, 1.82) is 0 Å². The van der Waals surface area contributed by atoms with Crippen LogP contribution in [0.25, 0.3) is 11.1 Å². The highest BCUT2D eigenvalue weighted by Crippen LogP contribution is 2.16. The highest BCUT2D eigenvalue weighted by molar-refractivity contribution is 5.72. The van der Waals surface area contributed by atoms with Gasteiger partial charge in [-0.1, -0.05) is 57.6 Å². The molecule has 0 atom stereocenters. The molecule has 0 unspecified atom stereocenters. The standard InChI is InChI=1S/C16H23NO/c1-2-3-4-5-6-7-8-13-16-17-14-11-9-10-12-15(14)18-16/h9-12H,2-8,13H2,1H3. The molecule has 0 bridgehead atoms. The Morgan fingerprint density at radius 3 is 2.44 bits per heavy atom. The summed E-state index contributed by atoms with van der Waals surface area (Å²) in [6, 6.07) is 7.98. The molecule has 0 spiro atoms. The largest absolute Gasteiger partial charge is 0.441 e. The number of aromatic nitrogens is 1. The smallest absolute Gasteiger partial charge is 0.195 e. The molecule has 0 saturated heterocycles. The third kappa shape index (κ3) is 3.86.